The Morgan fingerprint density at radius 1 is 1.03 bits per heavy atom. The van der Waals surface area contributed by atoms with Crippen LogP contribution in [0.25, 0.3) is 11.6 Å². The molecule has 0 radical (unpaired) electrons. The van der Waals surface area contributed by atoms with Crippen molar-refractivity contribution in [1.29, 1.82) is 0 Å². The van der Waals surface area contributed by atoms with Crippen LogP contribution in [0.15, 0.2) is 76.5 Å². The number of carbonyl (C=O) groups is 1. The second-order valence-corrected chi connectivity index (χ2v) is 7.93. The topological polar surface area (TPSA) is 73.0 Å². The third-order valence-electron chi connectivity index (χ3n) is 4.76. The third kappa shape index (κ3) is 4.63. The highest BCUT2D eigenvalue weighted by atomic mass is 32.2. The van der Waals surface area contributed by atoms with Crippen LogP contribution in [0, 0.1) is 13.8 Å². The molecule has 0 atom stereocenters. The number of nitrogens with zero attached hydrogens (tertiary/aromatic N) is 3. The van der Waals surface area contributed by atoms with Crippen LogP contribution in [0.3, 0.4) is 0 Å². The summed E-state index contributed by atoms with van der Waals surface area (Å²) in [4.78, 5) is 12.5. The number of amides is 1. The van der Waals surface area contributed by atoms with Crippen molar-refractivity contribution in [3.8, 4) is 11.6 Å². The zero-order valence-electron chi connectivity index (χ0n) is 16.8. The van der Waals surface area contributed by atoms with Crippen LogP contribution < -0.4 is 5.32 Å². The summed E-state index contributed by atoms with van der Waals surface area (Å²) in [5.74, 6) is 1.43. The molecule has 0 saturated heterocycles. The molecule has 0 saturated carbocycles. The highest BCUT2D eigenvalue weighted by Gasteiger charge is 2.18. The zero-order valence-corrected chi connectivity index (χ0v) is 17.6. The van der Waals surface area contributed by atoms with Crippen molar-refractivity contribution in [3.63, 3.8) is 0 Å². The van der Waals surface area contributed by atoms with Crippen molar-refractivity contribution in [3.05, 3.63) is 83.6 Å². The average Bonchev–Trinajstić information content (AvgIpc) is 3.40. The van der Waals surface area contributed by atoms with E-state index in [2.05, 4.69) is 15.5 Å². The molecule has 1 N–H and O–H groups in total. The van der Waals surface area contributed by atoms with Crippen LogP contribution >= 0.6 is 11.8 Å². The van der Waals surface area contributed by atoms with Gasteiger partial charge >= 0.3 is 0 Å². The van der Waals surface area contributed by atoms with E-state index in [-0.39, 0.29) is 11.7 Å². The van der Waals surface area contributed by atoms with Crippen molar-refractivity contribution in [1.82, 2.24) is 14.8 Å². The molecule has 0 aliphatic heterocycles. The lowest BCUT2D eigenvalue weighted by Gasteiger charge is -2.10. The van der Waals surface area contributed by atoms with E-state index in [1.54, 1.807) is 6.26 Å². The first-order valence-corrected chi connectivity index (χ1v) is 10.6. The van der Waals surface area contributed by atoms with E-state index in [4.69, 9.17) is 4.42 Å². The second-order valence-electron chi connectivity index (χ2n) is 6.99. The maximum atomic E-state index is 12.5. The molecule has 2 aromatic carbocycles. The van der Waals surface area contributed by atoms with Gasteiger partial charge < -0.3 is 9.73 Å². The Balaban J connectivity index is 1.50. The summed E-state index contributed by atoms with van der Waals surface area (Å²) in [6.45, 7) is 4.67. The Kier molecular flexibility index (Phi) is 5.99. The average molecular weight is 419 g/mol. The number of rotatable bonds is 7. The lowest BCUT2D eigenvalue weighted by molar-refractivity contribution is -0.113. The van der Waals surface area contributed by atoms with Gasteiger partial charge in [-0.05, 0) is 54.8 Å². The molecule has 7 heteroatoms. The molecule has 6 nitrogen and oxygen atoms in total. The number of carbonyl (C=O) groups excluding carboxylic acids is 1. The van der Waals surface area contributed by atoms with Crippen LogP contribution in [0.2, 0.25) is 0 Å². The summed E-state index contributed by atoms with van der Waals surface area (Å²) in [6.07, 6.45) is 1.61. The number of nitrogens with one attached hydrogen (secondary N) is 1. The number of furan rings is 1. The lowest BCUT2D eigenvalue weighted by Crippen LogP contribution is -2.15. The molecule has 4 aromatic rings. The molecular formula is C23H22N4O2S. The molecule has 2 aromatic heterocycles. The minimum atomic E-state index is -0.0861. The van der Waals surface area contributed by atoms with Gasteiger partial charge in [-0.3, -0.25) is 9.36 Å². The number of benzene rings is 2. The van der Waals surface area contributed by atoms with Gasteiger partial charge in [-0.25, -0.2) is 0 Å². The summed E-state index contributed by atoms with van der Waals surface area (Å²) in [5.41, 5.74) is 4.25. The van der Waals surface area contributed by atoms with Crippen LogP contribution in [0.1, 0.15) is 16.7 Å². The Morgan fingerprint density at radius 2 is 1.87 bits per heavy atom. The van der Waals surface area contributed by atoms with Crippen molar-refractivity contribution >= 4 is 23.4 Å². The fourth-order valence-electron chi connectivity index (χ4n) is 3.04. The van der Waals surface area contributed by atoms with E-state index in [0.717, 1.165) is 16.8 Å². The predicted molar refractivity (Wildman–Crippen MR) is 119 cm³/mol. The maximum absolute atomic E-state index is 12.5. The minimum absolute atomic E-state index is 0.0861. The molecule has 1 amide bonds. The Labute approximate surface area is 179 Å². The molecule has 30 heavy (non-hydrogen) atoms. The highest BCUT2D eigenvalue weighted by molar-refractivity contribution is 7.99. The van der Waals surface area contributed by atoms with Gasteiger partial charge in [-0.2, -0.15) is 0 Å². The molecule has 0 bridgehead atoms. The van der Waals surface area contributed by atoms with E-state index in [9.17, 15) is 4.79 Å². The summed E-state index contributed by atoms with van der Waals surface area (Å²) in [6, 6.07) is 19.6. The van der Waals surface area contributed by atoms with Gasteiger partial charge in [-0.1, -0.05) is 48.2 Å². The van der Waals surface area contributed by atoms with E-state index in [1.807, 2.05) is 79.1 Å². The second kappa shape index (κ2) is 9.00. The van der Waals surface area contributed by atoms with Crippen LogP contribution in [0.4, 0.5) is 5.69 Å². The minimum Gasteiger partial charge on any atom is -0.461 e. The van der Waals surface area contributed by atoms with Crippen LogP contribution in [-0.2, 0) is 11.3 Å². The molecule has 152 valence electrons. The van der Waals surface area contributed by atoms with Gasteiger partial charge in [0, 0.05) is 5.69 Å². The SMILES string of the molecule is Cc1ccc(NC(=O)CSc2nnc(-c3ccco3)n2Cc2ccccc2)cc1C. The van der Waals surface area contributed by atoms with Gasteiger partial charge in [0.15, 0.2) is 10.9 Å². The van der Waals surface area contributed by atoms with Gasteiger partial charge in [0.1, 0.15) is 0 Å². The maximum Gasteiger partial charge on any atom is 0.234 e. The zero-order chi connectivity index (χ0) is 20.9. The van der Waals surface area contributed by atoms with E-state index >= 15 is 0 Å². The molecule has 0 unspecified atom stereocenters. The Morgan fingerprint density at radius 3 is 2.60 bits per heavy atom. The van der Waals surface area contributed by atoms with Crippen molar-refractivity contribution < 1.29 is 9.21 Å². The molecule has 0 spiro atoms. The van der Waals surface area contributed by atoms with Gasteiger partial charge in [-0.15, -0.1) is 10.2 Å². The quantitative estimate of drug-likeness (QED) is 0.431. The highest BCUT2D eigenvalue weighted by Crippen LogP contribution is 2.26. The molecule has 0 aliphatic carbocycles. The number of aromatic nitrogens is 3. The van der Waals surface area contributed by atoms with Crippen molar-refractivity contribution in [2.24, 2.45) is 0 Å². The van der Waals surface area contributed by atoms with Crippen molar-refractivity contribution in [2.45, 2.75) is 25.5 Å². The first-order chi connectivity index (χ1) is 14.6. The number of hydrogen-bond acceptors (Lipinski definition) is 5. The normalized spacial score (nSPS) is 10.9. The van der Waals surface area contributed by atoms with E-state index in [1.165, 1.54) is 17.3 Å². The number of aryl methyl sites for hydroxylation is 2. The van der Waals surface area contributed by atoms with Crippen molar-refractivity contribution in [2.75, 3.05) is 11.1 Å². The molecule has 0 aliphatic rings. The molecular weight excluding hydrogens is 396 g/mol. The number of hydrogen-bond donors (Lipinski definition) is 1. The van der Waals surface area contributed by atoms with Crippen LogP contribution in [0.5, 0.6) is 0 Å². The first-order valence-electron chi connectivity index (χ1n) is 9.61. The Hall–Kier alpha value is -3.32. The fraction of sp³-hybridized carbons (Fsp3) is 0.174. The largest absolute Gasteiger partial charge is 0.461 e. The summed E-state index contributed by atoms with van der Waals surface area (Å²) in [7, 11) is 0. The van der Waals surface area contributed by atoms with Gasteiger partial charge in [0.2, 0.25) is 11.7 Å². The van der Waals surface area contributed by atoms with Crippen LogP contribution in [-0.4, -0.2) is 26.4 Å². The van der Waals surface area contributed by atoms with Gasteiger partial charge in [0.25, 0.3) is 0 Å². The number of anilines is 1. The predicted octanol–water partition coefficient (Wildman–Crippen LogP) is 4.93. The summed E-state index contributed by atoms with van der Waals surface area (Å²) in [5, 5.41) is 12.2. The van der Waals surface area contributed by atoms with E-state index < -0.39 is 0 Å². The molecule has 2 heterocycles. The van der Waals surface area contributed by atoms with Gasteiger partial charge in [0.05, 0.1) is 18.6 Å². The number of thioether (sulfide) groups is 1. The Bertz CT molecular complexity index is 1140. The smallest absolute Gasteiger partial charge is 0.234 e. The monoisotopic (exact) mass is 418 g/mol. The summed E-state index contributed by atoms with van der Waals surface area (Å²) < 4.78 is 7.50. The standard InChI is InChI=1S/C23H22N4O2S/c1-16-10-11-19(13-17(16)2)24-21(28)15-30-23-26-25-22(20-9-6-12-29-20)27(23)14-18-7-4-3-5-8-18/h3-13H,14-15H2,1-2H3,(H,24,28). The fourth-order valence-corrected chi connectivity index (χ4v) is 3.78. The third-order valence-corrected chi connectivity index (χ3v) is 5.73. The van der Waals surface area contributed by atoms with E-state index in [0.29, 0.717) is 23.3 Å². The first kappa shape index (κ1) is 20.0. The molecule has 4 rings (SSSR count). The summed E-state index contributed by atoms with van der Waals surface area (Å²) >= 11 is 1.35. The molecule has 0 fully saturated rings. The lowest BCUT2D eigenvalue weighted by atomic mass is 10.1.